The van der Waals surface area contributed by atoms with Crippen LogP contribution in [0.5, 0.6) is 0 Å². The number of benzene rings is 4. The molecule has 4 aromatic carbocycles. The van der Waals surface area contributed by atoms with Crippen molar-refractivity contribution in [2.45, 2.75) is 41.5 Å². The van der Waals surface area contributed by atoms with E-state index in [1.165, 1.54) is 0 Å². The fourth-order valence-corrected chi connectivity index (χ4v) is 4.10. The molecule has 0 N–H and O–H groups in total. The average Bonchev–Trinajstić information content (AvgIpc) is 3.02. The third-order valence-corrected chi connectivity index (χ3v) is 5.67. The van der Waals surface area contributed by atoms with Gasteiger partial charge < -0.3 is 29.7 Å². The van der Waals surface area contributed by atoms with Crippen LogP contribution in [0.15, 0.2) is 97.1 Å². The van der Waals surface area contributed by atoms with E-state index in [0.29, 0.717) is 44.5 Å². The first-order valence-electron chi connectivity index (χ1n) is 13.1. The van der Waals surface area contributed by atoms with Gasteiger partial charge in [0.15, 0.2) is 23.1 Å². The summed E-state index contributed by atoms with van der Waals surface area (Å²) in [5.74, 6) is -0.256. The molecule has 0 saturated heterocycles. The van der Waals surface area contributed by atoms with Crippen LogP contribution in [-0.2, 0) is 42.1 Å². The predicted molar refractivity (Wildman–Crippen MR) is 185 cm³/mol. The molecule has 0 heterocycles. The maximum absolute atomic E-state index is 12.1. The minimum absolute atomic E-state index is 0. The van der Waals surface area contributed by atoms with E-state index in [0.717, 1.165) is 0 Å². The SMILES string of the molecule is CC.CC.CC.O=C1c2ccccc2C(=O)c2ccccc21.O=C1c2ccccc2C(=O)c2ccccc21.[B].[CH3-].[CH3-].[CH3-].[CH3-].[W+2].[W+2]. The standard InChI is InChI=1S/2C14H8O2.3C2H6.4CH3.B.2W/c2*15-13-9-5-1-2-6-10(9)14(16)12-8-4-3-7-11(12)13;3*1-2;;;;;;;/h2*1-8H;3*1-2H3;4*1H3;;;/q;;;;;4*-1;;2*+2. The predicted octanol–water partition coefficient (Wildman–Crippen LogP) is 9.42. The first-order chi connectivity index (χ1) is 18.6. The van der Waals surface area contributed by atoms with Crippen molar-refractivity contribution in [3.63, 3.8) is 0 Å². The van der Waals surface area contributed by atoms with Crippen molar-refractivity contribution < 1.29 is 61.3 Å². The number of ketones is 4. The van der Waals surface area contributed by atoms with E-state index in [4.69, 9.17) is 0 Å². The fraction of sp³-hybridized carbons (Fsp3) is 0.158. The van der Waals surface area contributed by atoms with Crippen LogP contribution in [-0.4, -0.2) is 31.5 Å². The van der Waals surface area contributed by atoms with E-state index in [2.05, 4.69) is 0 Å². The second-order valence-corrected chi connectivity index (χ2v) is 7.50. The number of carbonyl (C=O) groups excluding carboxylic acids is 4. The maximum Gasteiger partial charge on any atom is 2.00 e. The van der Waals surface area contributed by atoms with Crippen molar-refractivity contribution in [3.8, 4) is 0 Å². The number of carbonyl (C=O) groups is 4. The Morgan fingerprint density at radius 3 is 0.467 bits per heavy atom. The Kier molecular flexibility index (Phi) is 33.1. The molecule has 0 unspecified atom stereocenters. The Morgan fingerprint density at radius 2 is 0.378 bits per heavy atom. The van der Waals surface area contributed by atoms with Gasteiger partial charge in [-0.1, -0.05) is 139 Å². The fourth-order valence-electron chi connectivity index (χ4n) is 4.10. The van der Waals surface area contributed by atoms with Crippen molar-refractivity contribution in [2.24, 2.45) is 0 Å². The van der Waals surface area contributed by atoms with E-state index in [-0.39, 0.29) is 103 Å². The Morgan fingerprint density at radius 1 is 0.289 bits per heavy atom. The van der Waals surface area contributed by atoms with Gasteiger partial charge in [-0.15, -0.1) is 0 Å². The molecule has 0 atom stereocenters. The number of hydrogen-bond acceptors (Lipinski definition) is 4. The van der Waals surface area contributed by atoms with E-state index in [1.807, 2.05) is 41.5 Å². The summed E-state index contributed by atoms with van der Waals surface area (Å²) in [5.41, 5.74) is 4.05. The van der Waals surface area contributed by atoms with Gasteiger partial charge >= 0.3 is 42.1 Å². The Balaban J connectivity index is -0.000000128. The number of rotatable bonds is 0. The summed E-state index contributed by atoms with van der Waals surface area (Å²) in [7, 11) is 0. The molecular formula is C38H46BO4W2. The second-order valence-electron chi connectivity index (χ2n) is 7.50. The van der Waals surface area contributed by atoms with Gasteiger partial charge in [0.05, 0.1) is 0 Å². The molecule has 3 radical (unpaired) electrons. The average molecular weight is 945 g/mol. The summed E-state index contributed by atoms with van der Waals surface area (Å²) in [6, 6.07) is 27.8. The number of hydrogen-bond donors (Lipinski definition) is 0. The zero-order chi connectivity index (χ0) is 28.2. The van der Waals surface area contributed by atoms with Gasteiger partial charge in [-0.05, 0) is 0 Å². The molecule has 0 bridgehead atoms. The molecular weight excluding hydrogens is 899 g/mol. The van der Waals surface area contributed by atoms with Crippen LogP contribution in [0.25, 0.3) is 0 Å². The van der Waals surface area contributed by atoms with Crippen molar-refractivity contribution >= 4 is 31.5 Å². The molecule has 0 fully saturated rings. The molecule has 7 heteroatoms. The van der Waals surface area contributed by atoms with Gasteiger partial charge in [-0.25, -0.2) is 0 Å². The molecule has 237 valence electrons. The van der Waals surface area contributed by atoms with Crippen LogP contribution in [0.1, 0.15) is 105 Å². The minimum Gasteiger partial charge on any atom is -0.358 e. The summed E-state index contributed by atoms with van der Waals surface area (Å²) in [5, 5.41) is 0. The maximum atomic E-state index is 12.1. The van der Waals surface area contributed by atoms with Crippen LogP contribution in [0, 0.1) is 29.7 Å². The second kappa shape index (κ2) is 27.3. The Labute approximate surface area is 303 Å². The first kappa shape index (κ1) is 54.5. The molecule has 0 spiro atoms. The Bertz CT molecular complexity index is 1140. The first-order valence-corrected chi connectivity index (χ1v) is 13.1. The zero-order valence-corrected chi connectivity index (χ0v) is 34.1. The molecule has 45 heavy (non-hydrogen) atoms. The largest absolute Gasteiger partial charge is 2.00 e. The van der Waals surface area contributed by atoms with Gasteiger partial charge in [0.2, 0.25) is 0 Å². The summed E-state index contributed by atoms with van der Waals surface area (Å²) in [4.78, 5) is 48.4. The third kappa shape index (κ3) is 11.7. The molecule has 2 aliphatic rings. The summed E-state index contributed by atoms with van der Waals surface area (Å²) in [6.07, 6.45) is 0. The molecule has 4 nitrogen and oxygen atoms in total. The smallest absolute Gasteiger partial charge is 0.358 e. The van der Waals surface area contributed by atoms with E-state index >= 15 is 0 Å². The molecule has 2 aliphatic carbocycles. The minimum atomic E-state index is -0.0641. The van der Waals surface area contributed by atoms with E-state index in [1.54, 1.807) is 97.1 Å². The number of fused-ring (bicyclic) bond motifs is 4. The topological polar surface area (TPSA) is 68.3 Å². The normalized spacial score (nSPS) is 9.82. The van der Waals surface area contributed by atoms with Crippen LogP contribution < -0.4 is 0 Å². The van der Waals surface area contributed by atoms with Crippen LogP contribution in [0.2, 0.25) is 0 Å². The third-order valence-electron chi connectivity index (χ3n) is 5.67. The molecule has 4 aromatic rings. The van der Waals surface area contributed by atoms with Crippen LogP contribution in [0.3, 0.4) is 0 Å². The van der Waals surface area contributed by atoms with Crippen molar-refractivity contribution in [1.82, 2.24) is 0 Å². The molecule has 6 rings (SSSR count). The quantitative estimate of drug-likeness (QED) is 0.113. The Hall–Kier alpha value is -3.00. The van der Waals surface area contributed by atoms with Gasteiger partial charge in [-0.3, -0.25) is 19.2 Å². The van der Waals surface area contributed by atoms with Gasteiger partial charge in [-0.2, -0.15) is 0 Å². The monoisotopic (exact) mass is 945 g/mol. The molecule has 0 aromatic heterocycles. The van der Waals surface area contributed by atoms with E-state index < -0.39 is 0 Å². The zero-order valence-electron chi connectivity index (χ0n) is 28.3. The van der Waals surface area contributed by atoms with Gasteiger partial charge in [0.25, 0.3) is 0 Å². The van der Waals surface area contributed by atoms with E-state index in [9.17, 15) is 19.2 Å². The van der Waals surface area contributed by atoms with Crippen LogP contribution in [0.4, 0.5) is 0 Å². The van der Waals surface area contributed by atoms with Gasteiger partial charge in [0, 0.05) is 52.9 Å². The van der Waals surface area contributed by atoms with Crippen molar-refractivity contribution in [3.05, 3.63) is 171 Å². The summed E-state index contributed by atoms with van der Waals surface area (Å²) in [6.45, 7) is 12.0. The van der Waals surface area contributed by atoms with Crippen molar-refractivity contribution in [2.75, 3.05) is 0 Å². The van der Waals surface area contributed by atoms with Crippen molar-refractivity contribution in [1.29, 1.82) is 0 Å². The molecule has 0 amide bonds. The molecule has 0 saturated carbocycles. The summed E-state index contributed by atoms with van der Waals surface area (Å²) < 4.78 is 0. The van der Waals surface area contributed by atoms with Crippen LogP contribution >= 0.6 is 0 Å². The summed E-state index contributed by atoms with van der Waals surface area (Å²) >= 11 is 0. The van der Waals surface area contributed by atoms with Gasteiger partial charge in [0.1, 0.15) is 0 Å². The molecule has 0 aliphatic heterocycles.